The van der Waals surface area contributed by atoms with Crippen molar-refractivity contribution in [1.82, 2.24) is 4.98 Å². The SMILES string of the molecule is CCOC(=O)CN(C)c1ncc(N)cc1Br. The highest BCUT2D eigenvalue weighted by Crippen LogP contribution is 2.24. The monoisotopic (exact) mass is 287 g/mol. The topological polar surface area (TPSA) is 68.5 Å². The third kappa shape index (κ3) is 3.37. The molecule has 0 radical (unpaired) electrons. The number of halogens is 1. The lowest BCUT2D eigenvalue weighted by atomic mass is 10.4. The van der Waals surface area contributed by atoms with Crippen LogP contribution in [0, 0.1) is 0 Å². The number of nitrogen functional groups attached to an aromatic ring is 1. The van der Waals surface area contributed by atoms with Gasteiger partial charge >= 0.3 is 5.97 Å². The van der Waals surface area contributed by atoms with Gasteiger partial charge in [0.25, 0.3) is 0 Å². The zero-order valence-corrected chi connectivity index (χ0v) is 10.8. The molecule has 0 spiro atoms. The van der Waals surface area contributed by atoms with Gasteiger partial charge in [-0.1, -0.05) is 0 Å². The summed E-state index contributed by atoms with van der Waals surface area (Å²) in [5, 5.41) is 0. The normalized spacial score (nSPS) is 9.94. The predicted molar refractivity (Wildman–Crippen MR) is 66.3 cm³/mol. The van der Waals surface area contributed by atoms with Gasteiger partial charge in [-0.05, 0) is 28.9 Å². The van der Waals surface area contributed by atoms with E-state index in [4.69, 9.17) is 10.5 Å². The maximum absolute atomic E-state index is 11.3. The van der Waals surface area contributed by atoms with Gasteiger partial charge in [0.2, 0.25) is 0 Å². The molecule has 88 valence electrons. The van der Waals surface area contributed by atoms with E-state index in [1.165, 1.54) is 0 Å². The molecule has 1 heterocycles. The van der Waals surface area contributed by atoms with Crippen LogP contribution in [0.4, 0.5) is 11.5 Å². The van der Waals surface area contributed by atoms with Crippen LogP contribution < -0.4 is 10.6 Å². The van der Waals surface area contributed by atoms with Crippen molar-refractivity contribution in [2.24, 2.45) is 0 Å². The molecule has 2 N–H and O–H groups in total. The van der Waals surface area contributed by atoms with Gasteiger partial charge in [-0.15, -0.1) is 0 Å². The number of nitrogens with two attached hydrogens (primary N) is 1. The molecule has 6 heteroatoms. The third-order valence-corrected chi connectivity index (χ3v) is 2.46. The van der Waals surface area contributed by atoms with Crippen molar-refractivity contribution in [2.75, 3.05) is 30.8 Å². The number of carbonyl (C=O) groups is 1. The molecule has 0 amide bonds. The molecular weight excluding hydrogens is 274 g/mol. The van der Waals surface area contributed by atoms with E-state index < -0.39 is 0 Å². The number of pyridine rings is 1. The van der Waals surface area contributed by atoms with Crippen LogP contribution in [0.3, 0.4) is 0 Å². The number of hydrogen-bond donors (Lipinski definition) is 1. The van der Waals surface area contributed by atoms with Gasteiger partial charge in [0.05, 0.1) is 23.0 Å². The van der Waals surface area contributed by atoms with Gasteiger partial charge in [0, 0.05) is 7.05 Å². The number of likely N-dealkylation sites (N-methyl/N-ethyl adjacent to an activating group) is 1. The fourth-order valence-electron chi connectivity index (χ4n) is 1.20. The first-order valence-corrected chi connectivity index (χ1v) is 5.61. The number of hydrogen-bond acceptors (Lipinski definition) is 5. The van der Waals surface area contributed by atoms with Crippen LogP contribution in [0.1, 0.15) is 6.92 Å². The number of aromatic nitrogens is 1. The molecule has 1 rings (SSSR count). The molecule has 0 saturated heterocycles. The fourth-order valence-corrected chi connectivity index (χ4v) is 1.87. The minimum absolute atomic E-state index is 0.156. The van der Waals surface area contributed by atoms with Crippen LogP contribution >= 0.6 is 15.9 Å². The summed E-state index contributed by atoms with van der Waals surface area (Å²) in [5.74, 6) is 0.373. The minimum atomic E-state index is -0.282. The average Bonchev–Trinajstić information content (AvgIpc) is 2.17. The molecule has 0 saturated carbocycles. The largest absolute Gasteiger partial charge is 0.465 e. The van der Waals surface area contributed by atoms with Crippen molar-refractivity contribution in [3.8, 4) is 0 Å². The molecular formula is C10H14BrN3O2. The average molecular weight is 288 g/mol. The summed E-state index contributed by atoms with van der Waals surface area (Å²) in [4.78, 5) is 17.1. The highest BCUT2D eigenvalue weighted by atomic mass is 79.9. The second-order valence-corrected chi connectivity index (χ2v) is 4.09. The lowest BCUT2D eigenvalue weighted by Crippen LogP contribution is -2.28. The smallest absolute Gasteiger partial charge is 0.325 e. The Hall–Kier alpha value is -1.30. The van der Waals surface area contributed by atoms with Gasteiger partial charge in [0.15, 0.2) is 0 Å². The van der Waals surface area contributed by atoms with Crippen LogP contribution in [-0.2, 0) is 9.53 Å². The zero-order valence-electron chi connectivity index (χ0n) is 9.24. The van der Waals surface area contributed by atoms with Crippen LogP contribution in [0.15, 0.2) is 16.7 Å². The Balaban J connectivity index is 2.72. The Labute approximate surface area is 103 Å². The Morgan fingerprint density at radius 2 is 2.38 bits per heavy atom. The van der Waals surface area contributed by atoms with E-state index >= 15 is 0 Å². The van der Waals surface area contributed by atoms with Crippen molar-refractivity contribution in [3.05, 3.63) is 16.7 Å². The number of esters is 1. The molecule has 1 aromatic heterocycles. The molecule has 1 aromatic rings. The summed E-state index contributed by atoms with van der Waals surface area (Å²) in [6, 6.07) is 1.74. The Bertz CT molecular complexity index is 384. The molecule has 0 fully saturated rings. The molecule has 16 heavy (non-hydrogen) atoms. The van der Waals surface area contributed by atoms with Gasteiger partial charge < -0.3 is 15.4 Å². The molecule has 5 nitrogen and oxygen atoms in total. The van der Waals surface area contributed by atoms with Crippen LogP contribution in [-0.4, -0.2) is 31.2 Å². The van der Waals surface area contributed by atoms with E-state index in [0.29, 0.717) is 18.1 Å². The lowest BCUT2D eigenvalue weighted by molar-refractivity contribution is -0.141. The van der Waals surface area contributed by atoms with Crippen molar-refractivity contribution in [3.63, 3.8) is 0 Å². The molecule has 0 aromatic carbocycles. The first-order valence-electron chi connectivity index (χ1n) is 4.82. The highest BCUT2D eigenvalue weighted by Gasteiger charge is 2.12. The first kappa shape index (κ1) is 12.8. The quantitative estimate of drug-likeness (QED) is 0.849. The van der Waals surface area contributed by atoms with E-state index in [-0.39, 0.29) is 12.5 Å². The van der Waals surface area contributed by atoms with E-state index in [9.17, 15) is 4.79 Å². The molecule has 0 aliphatic heterocycles. The standard InChI is InChI=1S/C10H14BrN3O2/c1-3-16-9(15)6-14(2)10-8(11)4-7(12)5-13-10/h4-5H,3,6,12H2,1-2H3. The summed E-state index contributed by atoms with van der Waals surface area (Å²) in [7, 11) is 1.76. The van der Waals surface area contributed by atoms with Gasteiger partial charge in [-0.25, -0.2) is 4.98 Å². The van der Waals surface area contributed by atoms with Crippen LogP contribution in [0.5, 0.6) is 0 Å². The van der Waals surface area contributed by atoms with E-state index in [1.807, 2.05) is 0 Å². The van der Waals surface area contributed by atoms with Crippen molar-refractivity contribution in [2.45, 2.75) is 6.92 Å². The van der Waals surface area contributed by atoms with Crippen LogP contribution in [0.2, 0.25) is 0 Å². The molecule has 0 aliphatic rings. The lowest BCUT2D eigenvalue weighted by Gasteiger charge is -2.18. The minimum Gasteiger partial charge on any atom is -0.465 e. The number of ether oxygens (including phenoxy) is 1. The molecule has 0 bridgehead atoms. The third-order valence-electron chi connectivity index (χ3n) is 1.88. The number of nitrogens with zero attached hydrogens (tertiary/aromatic N) is 2. The van der Waals surface area contributed by atoms with Crippen molar-refractivity contribution in [1.29, 1.82) is 0 Å². The highest BCUT2D eigenvalue weighted by molar-refractivity contribution is 9.10. The fraction of sp³-hybridized carbons (Fsp3) is 0.400. The van der Waals surface area contributed by atoms with Gasteiger partial charge in [0.1, 0.15) is 12.4 Å². The summed E-state index contributed by atoms with van der Waals surface area (Å²) in [5.41, 5.74) is 6.14. The van der Waals surface area contributed by atoms with Crippen molar-refractivity contribution >= 4 is 33.4 Å². The first-order chi connectivity index (χ1) is 7.54. The second-order valence-electron chi connectivity index (χ2n) is 3.24. The summed E-state index contributed by atoms with van der Waals surface area (Å²) >= 11 is 3.34. The zero-order chi connectivity index (χ0) is 12.1. The van der Waals surface area contributed by atoms with Crippen molar-refractivity contribution < 1.29 is 9.53 Å². The van der Waals surface area contributed by atoms with E-state index in [0.717, 1.165) is 4.47 Å². The molecule has 0 atom stereocenters. The Morgan fingerprint density at radius 3 is 2.94 bits per heavy atom. The van der Waals surface area contributed by atoms with Crippen LogP contribution in [0.25, 0.3) is 0 Å². The number of rotatable bonds is 4. The molecule has 0 aliphatic carbocycles. The number of carbonyl (C=O) groups excluding carboxylic acids is 1. The maximum atomic E-state index is 11.3. The number of anilines is 2. The van der Waals surface area contributed by atoms with Gasteiger partial charge in [-0.3, -0.25) is 4.79 Å². The second kappa shape index (κ2) is 5.69. The van der Waals surface area contributed by atoms with E-state index in [2.05, 4.69) is 20.9 Å². The Kier molecular flexibility index (Phi) is 4.54. The summed E-state index contributed by atoms with van der Waals surface area (Å²) < 4.78 is 5.60. The molecule has 0 unspecified atom stereocenters. The summed E-state index contributed by atoms with van der Waals surface area (Å²) in [6.45, 7) is 2.31. The summed E-state index contributed by atoms with van der Waals surface area (Å²) in [6.07, 6.45) is 1.54. The maximum Gasteiger partial charge on any atom is 0.325 e. The van der Waals surface area contributed by atoms with E-state index in [1.54, 1.807) is 31.1 Å². The predicted octanol–water partition coefficient (Wildman–Crippen LogP) is 1.43. The van der Waals surface area contributed by atoms with Gasteiger partial charge in [-0.2, -0.15) is 0 Å². The Morgan fingerprint density at radius 1 is 1.69 bits per heavy atom.